The number of allylic oxidation sites excluding steroid dienone is 3. The summed E-state index contributed by atoms with van der Waals surface area (Å²) >= 11 is 19.6. The fraction of sp³-hybridized carbons (Fsp3) is 0.120. The van der Waals surface area contributed by atoms with E-state index in [0.29, 0.717) is 39.2 Å². The lowest BCUT2D eigenvalue weighted by atomic mass is 9.81. The molecule has 2 atom stereocenters. The molecule has 1 aliphatic rings. The molecule has 2 aromatic carbocycles. The van der Waals surface area contributed by atoms with Crippen LogP contribution in [-0.2, 0) is 14.5 Å². The Morgan fingerprint density at radius 2 is 1.89 bits per heavy atom. The van der Waals surface area contributed by atoms with Gasteiger partial charge < -0.3 is 16.4 Å². The lowest BCUT2D eigenvalue weighted by Crippen LogP contribution is -2.39. The Labute approximate surface area is 217 Å². The molecule has 0 spiro atoms. The maximum atomic E-state index is 12.1. The molecule has 1 heterocycles. The van der Waals surface area contributed by atoms with E-state index in [4.69, 9.17) is 40.5 Å². The first-order valence-electron chi connectivity index (χ1n) is 10.5. The first-order chi connectivity index (χ1) is 16.7. The number of nitrogens with two attached hydrogens (primary N) is 1. The van der Waals surface area contributed by atoms with Gasteiger partial charge in [-0.15, -0.1) is 11.6 Å². The van der Waals surface area contributed by atoms with Crippen LogP contribution in [0.1, 0.15) is 12.5 Å². The third-order valence-corrected chi connectivity index (χ3v) is 6.58. The van der Waals surface area contributed by atoms with E-state index in [-0.39, 0.29) is 10.9 Å². The van der Waals surface area contributed by atoms with E-state index in [0.717, 1.165) is 0 Å². The normalized spacial score (nSPS) is 19.1. The van der Waals surface area contributed by atoms with Gasteiger partial charge in [-0.3, -0.25) is 9.59 Å². The van der Waals surface area contributed by atoms with Gasteiger partial charge in [-0.05, 0) is 48.0 Å². The molecule has 3 aromatic rings. The molecule has 0 aliphatic heterocycles. The number of benzene rings is 2. The summed E-state index contributed by atoms with van der Waals surface area (Å²) in [5.74, 6) is -1.39. The highest BCUT2D eigenvalue weighted by Crippen LogP contribution is 2.46. The summed E-state index contributed by atoms with van der Waals surface area (Å²) in [6.07, 6.45) is 6.60. The summed E-state index contributed by atoms with van der Waals surface area (Å²) in [7, 11) is 0. The van der Waals surface area contributed by atoms with Gasteiger partial charge in [0, 0.05) is 35.1 Å². The molecule has 0 saturated carbocycles. The quantitative estimate of drug-likeness (QED) is 0.354. The van der Waals surface area contributed by atoms with Gasteiger partial charge in [0.1, 0.15) is 10.8 Å². The number of carbonyl (C=O) groups is 2. The number of primary amides is 1. The second kappa shape index (κ2) is 10.1. The highest BCUT2D eigenvalue weighted by atomic mass is 35.5. The summed E-state index contributed by atoms with van der Waals surface area (Å²) in [5, 5.41) is 6.54. The number of carbonyl (C=O) groups excluding carboxylic acids is 2. The highest BCUT2D eigenvalue weighted by Gasteiger charge is 2.43. The van der Waals surface area contributed by atoms with Crippen molar-refractivity contribution in [2.24, 2.45) is 11.7 Å². The van der Waals surface area contributed by atoms with Crippen LogP contribution in [0.15, 0.2) is 78.0 Å². The summed E-state index contributed by atoms with van der Waals surface area (Å²) in [5.41, 5.74) is 8.73. The lowest BCUT2D eigenvalue weighted by molar-refractivity contribution is -0.121. The van der Waals surface area contributed by atoms with Gasteiger partial charge in [0.15, 0.2) is 0 Å². The Balaban J connectivity index is 1.61. The molecule has 1 aliphatic carbocycles. The minimum absolute atomic E-state index is 0.188. The number of anilines is 3. The zero-order chi connectivity index (χ0) is 25.2. The average molecular weight is 529 g/mol. The molecular formula is C25H20Cl3N5O2. The van der Waals surface area contributed by atoms with Crippen LogP contribution in [0.25, 0.3) is 11.3 Å². The predicted molar refractivity (Wildman–Crippen MR) is 140 cm³/mol. The van der Waals surface area contributed by atoms with Crippen molar-refractivity contribution in [1.82, 2.24) is 9.97 Å². The van der Waals surface area contributed by atoms with Crippen LogP contribution in [0.4, 0.5) is 17.3 Å². The van der Waals surface area contributed by atoms with E-state index in [2.05, 4.69) is 20.6 Å². The van der Waals surface area contributed by atoms with Gasteiger partial charge in [-0.2, -0.15) is 0 Å². The minimum atomic E-state index is -1.23. The van der Waals surface area contributed by atoms with Crippen LogP contribution in [0.3, 0.4) is 0 Å². The molecule has 10 heteroatoms. The zero-order valence-electron chi connectivity index (χ0n) is 18.4. The van der Waals surface area contributed by atoms with E-state index in [1.807, 2.05) is 6.07 Å². The Morgan fingerprint density at radius 1 is 1.09 bits per heavy atom. The first-order valence-corrected chi connectivity index (χ1v) is 11.6. The Bertz CT molecular complexity index is 1370. The lowest BCUT2D eigenvalue weighted by Gasteiger charge is -2.33. The van der Waals surface area contributed by atoms with Gasteiger partial charge in [0.05, 0.1) is 10.7 Å². The van der Waals surface area contributed by atoms with E-state index in [1.54, 1.807) is 66.9 Å². The maximum Gasteiger partial charge on any atom is 0.228 e. The highest BCUT2D eigenvalue weighted by molar-refractivity contribution is 6.35. The third-order valence-electron chi connectivity index (χ3n) is 5.36. The Morgan fingerprint density at radius 3 is 2.60 bits per heavy atom. The molecule has 35 heavy (non-hydrogen) atoms. The predicted octanol–water partition coefficient (Wildman–Crippen LogP) is 5.73. The minimum Gasteiger partial charge on any atom is -0.369 e. The molecule has 2 amide bonds. The summed E-state index contributed by atoms with van der Waals surface area (Å²) < 4.78 is 0. The summed E-state index contributed by atoms with van der Waals surface area (Å²) in [4.78, 5) is 31.0. The van der Waals surface area contributed by atoms with Crippen LogP contribution in [-0.4, -0.2) is 21.8 Å². The molecule has 0 saturated heterocycles. The molecule has 178 valence electrons. The molecule has 0 fully saturated rings. The van der Waals surface area contributed by atoms with Gasteiger partial charge in [-0.1, -0.05) is 47.5 Å². The molecule has 2 unspecified atom stereocenters. The average Bonchev–Trinajstić information content (AvgIpc) is 2.79. The number of hydrogen-bond acceptors (Lipinski definition) is 5. The number of alkyl halides is 1. The molecule has 0 bridgehead atoms. The molecule has 4 rings (SSSR count). The van der Waals surface area contributed by atoms with Crippen molar-refractivity contribution in [1.29, 1.82) is 0 Å². The monoisotopic (exact) mass is 527 g/mol. The van der Waals surface area contributed by atoms with Crippen LogP contribution in [0, 0.1) is 5.92 Å². The largest absolute Gasteiger partial charge is 0.369 e. The van der Waals surface area contributed by atoms with E-state index >= 15 is 0 Å². The molecule has 4 N–H and O–H groups in total. The molecule has 0 radical (unpaired) electrons. The van der Waals surface area contributed by atoms with Crippen molar-refractivity contribution in [2.45, 2.75) is 11.8 Å². The van der Waals surface area contributed by atoms with E-state index in [1.165, 1.54) is 6.92 Å². The van der Waals surface area contributed by atoms with Crippen LogP contribution in [0.2, 0.25) is 5.02 Å². The second-order valence-electron chi connectivity index (χ2n) is 7.86. The number of rotatable bonds is 6. The van der Waals surface area contributed by atoms with Gasteiger partial charge in [-0.25, -0.2) is 9.97 Å². The summed E-state index contributed by atoms with van der Waals surface area (Å²) in [6, 6.07) is 14.1. The van der Waals surface area contributed by atoms with Crippen molar-refractivity contribution in [3.05, 3.63) is 88.6 Å². The van der Waals surface area contributed by atoms with Gasteiger partial charge in [0.25, 0.3) is 0 Å². The summed E-state index contributed by atoms with van der Waals surface area (Å²) in [6.45, 7) is 1.43. The fourth-order valence-electron chi connectivity index (χ4n) is 3.82. The first kappa shape index (κ1) is 24.7. The van der Waals surface area contributed by atoms with E-state index < -0.39 is 16.7 Å². The van der Waals surface area contributed by atoms with Crippen LogP contribution in [0.5, 0.6) is 0 Å². The van der Waals surface area contributed by atoms with Crippen molar-refractivity contribution in [2.75, 3.05) is 10.6 Å². The van der Waals surface area contributed by atoms with Crippen molar-refractivity contribution in [3.63, 3.8) is 0 Å². The van der Waals surface area contributed by atoms with Gasteiger partial charge in [0.2, 0.25) is 17.8 Å². The number of aromatic nitrogens is 2. The number of halogens is 3. The second-order valence-corrected chi connectivity index (χ2v) is 9.33. The Kier molecular flexibility index (Phi) is 7.12. The Hall–Kier alpha value is -3.39. The van der Waals surface area contributed by atoms with E-state index in [9.17, 15) is 9.59 Å². The molecule has 1 aromatic heterocycles. The zero-order valence-corrected chi connectivity index (χ0v) is 20.7. The number of hydrogen-bond donors (Lipinski definition) is 3. The number of amides is 2. The standard InChI is InChI=1S/C25H20Cl3N5O2/c1-14(34)31-17-7-8-18(20(27)13-17)21-9-11-30-24(33-21)32-16-5-2-4-15(12-16)25(28)10-3-6-19(26)22(25)23(29)35/h2-13,22H,1H3,(H2,29,35)(H,31,34)(H,30,32,33). The molecular weight excluding hydrogens is 509 g/mol. The third kappa shape index (κ3) is 5.32. The SMILES string of the molecule is CC(=O)Nc1ccc(-c2ccnc(Nc3cccc(C4(Cl)C=CC=C(Cl)C4C(N)=O)c3)n2)c(Cl)c1. The maximum absolute atomic E-state index is 12.1. The van der Waals surface area contributed by atoms with Gasteiger partial charge >= 0.3 is 0 Å². The van der Waals surface area contributed by atoms with Crippen molar-refractivity contribution < 1.29 is 9.59 Å². The smallest absolute Gasteiger partial charge is 0.228 e. The number of nitrogens with one attached hydrogen (secondary N) is 2. The van der Waals surface area contributed by atoms with Crippen LogP contribution < -0.4 is 16.4 Å². The van der Waals surface area contributed by atoms with Crippen molar-refractivity contribution >= 4 is 63.9 Å². The fourth-order valence-corrected chi connectivity index (χ4v) is 4.92. The van der Waals surface area contributed by atoms with Crippen molar-refractivity contribution in [3.8, 4) is 11.3 Å². The molecule has 7 nitrogen and oxygen atoms in total. The topological polar surface area (TPSA) is 110 Å². The van der Waals surface area contributed by atoms with Crippen LogP contribution >= 0.6 is 34.8 Å². The number of nitrogens with zero attached hydrogens (tertiary/aromatic N) is 2.